The van der Waals surface area contributed by atoms with Crippen LogP contribution in [0.25, 0.3) is 44.5 Å². The first-order valence-electron chi connectivity index (χ1n) is 51.1. The minimum atomic E-state index is -0.592. The number of ether oxygens (including phenoxy) is 2. The molecule has 0 spiro atoms. The Kier molecular flexibility index (Phi) is 23.2. The Morgan fingerprint density at radius 1 is 0.250 bits per heavy atom. The fourth-order valence-corrected chi connectivity index (χ4v) is 24.9. The van der Waals surface area contributed by atoms with E-state index in [4.69, 9.17) is 9.47 Å². The minimum absolute atomic E-state index is 0.118. The summed E-state index contributed by atoms with van der Waals surface area (Å²) in [5.74, 6) is 3.84. The zero-order valence-electron chi connectivity index (χ0n) is 82.4. The molecule has 0 fully saturated rings. The number of para-hydroxylation sites is 2. The number of hydrogen-bond donors (Lipinski definition) is 0. The van der Waals surface area contributed by atoms with Gasteiger partial charge in [-0.15, -0.1) is 0 Å². The second-order valence-electron chi connectivity index (χ2n) is 41.6. The number of rotatable bonds is 26. The lowest BCUT2D eigenvalue weighted by Crippen LogP contribution is -2.29. The number of aryl methyl sites for hydroxylation is 6. The van der Waals surface area contributed by atoms with Gasteiger partial charge in [-0.25, -0.2) is 0 Å². The summed E-state index contributed by atoms with van der Waals surface area (Å²) in [5.41, 5.74) is 48.2. The molecular weight excluding hydrogens is 1690 g/mol. The largest absolute Gasteiger partial charge is 0.489 e. The fraction of sp³-hybridized carbons (Fsp3) is 0.206. The lowest BCUT2D eigenvalue weighted by Gasteiger charge is -2.35. The number of benzene rings is 18. The SMILES string of the molecule is CCC(CC(C)c1ccc(COc2ccc(C3(c4cc(C)cc(C)c4)c4ccccc4-c4ccc(N(c5ccccc5)c5ccc6c(c5)C(C)(C)c5ccccc5-6)cc43)cc2)cc1)c1ccc2c(c1)CC2.CCC(CC(C)c1ccc(COc2ccc(C3(c4ccccc4)c4ccccc4-c4ccc(N(c5ccccc5)c5ccc6c(c5)C(C)(C)c5ccccc5-6)cc43)cc2)cc1)c1ccc2c(c1)CC2. The van der Waals surface area contributed by atoms with Crippen LogP contribution in [0.3, 0.4) is 0 Å². The Labute approximate surface area is 828 Å². The van der Waals surface area contributed by atoms with Crippen LogP contribution in [0.2, 0.25) is 0 Å². The molecule has 6 aliphatic rings. The molecule has 18 aromatic carbocycles. The zero-order chi connectivity index (χ0) is 95.1. The first kappa shape index (κ1) is 89.1. The monoisotopic (exact) mass is 1810 g/mol. The van der Waals surface area contributed by atoms with E-state index in [1.807, 2.05) is 0 Å². The van der Waals surface area contributed by atoms with Gasteiger partial charge in [0, 0.05) is 45.0 Å². The molecule has 0 bridgehead atoms. The molecule has 688 valence electrons. The van der Waals surface area contributed by atoms with Gasteiger partial charge in [-0.1, -0.05) is 382 Å². The highest BCUT2D eigenvalue weighted by molar-refractivity contribution is 5.94. The maximum Gasteiger partial charge on any atom is 0.119 e. The van der Waals surface area contributed by atoms with Crippen LogP contribution in [0.15, 0.2) is 413 Å². The maximum atomic E-state index is 6.60. The first-order chi connectivity index (χ1) is 68.4. The molecular formula is C136H122N2O2. The Balaban J connectivity index is 0.000000156. The minimum Gasteiger partial charge on any atom is -0.489 e. The molecule has 24 rings (SSSR count). The molecule has 0 aliphatic heterocycles. The number of nitrogens with zero attached hydrogens (tertiary/aromatic N) is 2. The van der Waals surface area contributed by atoms with Gasteiger partial charge in [0.1, 0.15) is 24.7 Å². The van der Waals surface area contributed by atoms with Gasteiger partial charge in [0.15, 0.2) is 0 Å². The van der Waals surface area contributed by atoms with Gasteiger partial charge < -0.3 is 19.3 Å². The van der Waals surface area contributed by atoms with Crippen molar-refractivity contribution in [3.05, 3.63) is 546 Å². The highest BCUT2D eigenvalue weighted by atomic mass is 16.5. The van der Waals surface area contributed by atoms with Crippen molar-refractivity contribution in [2.75, 3.05) is 9.80 Å². The third kappa shape index (κ3) is 15.6. The molecule has 6 atom stereocenters. The summed E-state index contributed by atoms with van der Waals surface area (Å²) in [6.45, 7) is 24.4. The van der Waals surface area contributed by atoms with Crippen molar-refractivity contribution in [1.29, 1.82) is 0 Å². The van der Waals surface area contributed by atoms with E-state index in [0.29, 0.717) is 36.9 Å². The van der Waals surface area contributed by atoms with Crippen LogP contribution in [0.5, 0.6) is 11.5 Å². The van der Waals surface area contributed by atoms with Crippen LogP contribution in [0, 0.1) is 13.8 Å². The molecule has 0 aromatic heterocycles. The van der Waals surface area contributed by atoms with Gasteiger partial charge in [0.2, 0.25) is 0 Å². The van der Waals surface area contributed by atoms with Gasteiger partial charge in [0.25, 0.3) is 0 Å². The summed E-state index contributed by atoms with van der Waals surface area (Å²) < 4.78 is 13.2. The van der Waals surface area contributed by atoms with Crippen LogP contribution in [0.1, 0.15) is 238 Å². The van der Waals surface area contributed by atoms with Crippen LogP contribution in [-0.2, 0) is 60.6 Å². The van der Waals surface area contributed by atoms with E-state index < -0.39 is 10.8 Å². The molecule has 18 aromatic rings. The summed E-state index contributed by atoms with van der Waals surface area (Å²) in [6, 6.07) is 155. The molecule has 0 heterocycles. The normalized spacial score (nSPS) is 16.5. The quantitative estimate of drug-likeness (QED) is 0.0539. The number of hydrogen-bond acceptors (Lipinski definition) is 4. The lowest BCUT2D eigenvalue weighted by atomic mass is 9.67. The molecule has 0 saturated heterocycles. The standard InChI is InChI=1S/C69H63NO.C67H59NO/c1-7-49(52-27-25-51-26-28-53(51)41-52)40-47(4)50-23-21-48(22-24-50)44-71-59-33-29-54(30-34-59)69(55-38-45(2)37-46(3)39-55)65-20-14-12-18-61(65)63-36-32-58(43-67(63)69)70(56-15-9-8-10-16-56)57-31-35-62-60-17-11-13-19-64(60)68(5,6)66(62)42-57;1-5-47(50-30-28-49-29-31-51(49)41-50)40-45(2)48-26-24-46(25-27-48)44-69-57-36-32-53(33-37-57)67(52-16-8-6-9-17-52)63-23-15-13-21-59(63)61-39-35-56(43-65(61)67)68(54-18-10-7-11-19-54)55-34-38-60-58-20-12-14-22-62(58)66(3,4)64(60)42-55/h8-25,27,29-39,41-43,47,49H,7,26,28,40,44H2,1-6H3;6-28,30,32-39,41-43,45,47H,5,29,31,40,44H2,1-4H3. The van der Waals surface area contributed by atoms with Crippen molar-refractivity contribution >= 4 is 34.1 Å². The van der Waals surface area contributed by atoms with Crippen molar-refractivity contribution < 1.29 is 9.47 Å². The van der Waals surface area contributed by atoms with E-state index >= 15 is 0 Å². The van der Waals surface area contributed by atoms with Crippen LogP contribution in [-0.4, -0.2) is 0 Å². The molecule has 0 saturated carbocycles. The summed E-state index contributed by atoms with van der Waals surface area (Å²) in [6.07, 6.45) is 9.61. The summed E-state index contributed by atoms with van der Waals surface area (Å²) in [7, 11) is 0. The second-order valence-corrected chi connectivity index (χ2v) is 41.6. The number of fused-ring (bicyclic) bond motifs is 14. The Morgan fingerprint density at radius 3 is 0.921 bits per heavy atom. The molecule has 0 N–H and O–H groups in total. The maximum absolute atomic E-state index is 6.60. The molecule has 6 aliphatic carbocycles. The third-order valence-electron chi connectivity index (χ3n) is 32.6. The van der Waals surface area contributed by atoms with E-state index in [0.717, 1.165) is 71.3 Å². The van der Waals surface area contributed by atoms with Gasteiger partial charge in [-0.3, -0.25) is 0 Å². The van der Waals surface area contributed by atoms with Crippen molar-refractivity contribution in [3.63, 3.8) is 0 Å². The average molecular weight is 1820 g/mol. The van der Waals surface area contributed by atoms with Crippen molar-refractivity contribution in [2.45, 2.75) is 179 Å². The Hall–Kier alpha value is -14.8. The predicted molar refractivity (Wildman–Crippen MR) is 583 cm³/mol. The Morgan fingerprint density at radius 2 is 0.557 bits per heavy atom. The van der Waals surface area contributed by atoms with Crippen LogP contribution >= 0.6 is 0 Å². The van der Waals surface area contributed by atoms with Gasteiger partial charge in [-0.2, -0.15) is 0 Å². The van der Waals surface area contributed by atoms with E-state index in [-0.39, 0.29) is 10.8 Å². The molecule has 4 heteroatoms. The number of anilines is 6. The predicted octanol–water partition coefficient (Wildman–Crippen LogP) is 35.0. The smallest absolute Gasteiger partial charge is 0.119 e. The van der Waals surface area contributed by atoms with E-state index in [1.54, 1.807) is 22.3 Å². The van der Waals surface area contributed by atoms with E-state index in [1.165, 1.54) is 181 Å². The van der Waals surface area contributed by atoms with Crippen molar-refractivity contribution in [1.82, 2.24) is 0 Å². The van der Waals surface area contributed by atoms with Gasteiger partial charge in [0.05, 0.1) is 10.8 Å². The van der Waals surface area contributed by atoms with Crippen LogP contribution < -0.4 is 19.3 Å². The van der Waals surface area contributed by atoms with Crippen LogP contribution in [0.4, 0.5) is 34.1 Å². The molecule has 140 heavy (non-hydrogen) atoms. The fourth-order valence-electron chi connectivity index (χ4n) is 24.9. The van der Waals surface area contributed by atoms with Gasteiger partial charge in [-0.05, 0) is 353 Å². The highest BCUT2D eigenvalue weighted by Crippen LogP contribution is 2.62. The van der Waals surface area contributed by atoms with Crippen molar-refractivity contribution in [3.8, 4) is 56.0 Å². The second kappa shape index (κ2) is 36.5. The average Bonchev–Trinajstić information content (AvgIpc) is 1.53. The van der Waals surface area contributed by atoms with Crippen molar-refractivity contribution in [2.24, 2.45) is 0 Å². The highest BCUT2D eigenvalue weighted by Gasteiger charge is 2.49. The van der Waals surface area contributed by atoms with E-state index in [9.17, 15) is 0 Å². The topological polar surface area (TPSA) is 24.9 Å². The summed E-state index contributed by atoms with van der Waals surface area (Å²) in [5, 5.41) is 0. The molecule has 0 radical (unpaired) electrons. The molecule has 6 unspecified atom stereocenters. The summed E-state index contributed by atoms with van der Waals surface area (Å²) in [4.78, 5) is 4.90. The molecule has 0 amide bonds. The lowest BCUT2D eigenvalue weighted by molar-refractivity contribution is 0.306. The Bertz CT molecular complexity index is 7680. The molecule has 4 nitrogen and oxygen atoms in total. The zero-order valence-corrected chi connectivity index (χ0v) is 82.4. The van der Waals surface area contributed by atoms with E-state index in [2.05, 4.69) is 492 Å². The third-order valence-corrected chi connectivity index (χ3v) is 32.6. The summed E-state index contributed by atoms with van der Waals surface area (Å²) >= 11 is 0. The van der Waals surface area contributed by atoms with Gasteiger partial charge >= 0.3 is 0 Å². The first-order valence-corrected chi connectivity index (χ1v) is 51.1.